The number of fused-ring (bicyclic) bond motifs is 3. The number of rotatable bonds is 1. The summed E-state index contributed by atoms with van der Waals surface area (Å²) in [6, 6.07) is 10.1. The highest BCUT2D eigenvalue weighted by Gasteiger charge is 2.44. The van der Waals surface area contributed by atoms with E-state index in [0.29, 0.717) is 5.56 Å². The molecule has 4 nitrogen and oxygen atoms in total. The number of anilines is 1. The van der Waals surface area contributed by atoms with Gasteiger partial charge in [0.2, 0.25) is 0 Å². The number of carbonyl (C=O) groups is 1. The molecule has 1 spiro atoms. The third kappa shape index (κ3) is 1.75. The van der Waals surface area contributed by atoms with Gasteiger partial charge in [0, 0.05) is 23.7 Å². The number of nitrogens with one attached hydrogen (secondary N) is 1. The van der Waals surface area contributed by atoms with Crippen molar-refractivity contribution in [3.63, 3.8) is 0 Å². The quantitative estimate of drug-likeness (QED) is 0.815. The third-order valence-electron chi connectivity index (χ3n) is 4.66. The molecule has 2 heterocycles. The van der Waals surface area contributed by atoms with Gasteiger partial charge in [0.15, 0.2) is 0 Å². The Kier molecular flexibility index (Phi) is 2.55. The molecule has 1 unspecified atom stereocenters. The van der Waals surface area contributed by atoms with E-state index in [9.17, 15) is 4.79 Å². The minimum absolute atomic E-state index is 0.0840. The molecule has 0 radical (unpaired) electrons. The molecule has 21 heavy (non-hydrogen) atoms. The van der Waals surface area contributed by atoms with E-state index in [4.69, 9.17) is 4.74 Å². The van der Waals surface area contributed by atoms with Gasteiger partial charge in [-0.1, -0.05) is 12.1 Å². The van der Waals surface area contributed by atoms with Gasteiger partial charge in [-0.05, 0) is 42.2 Å². The summed E-state index contributed by atoms with van der Waals surface area (Å²) in [6.07, 6.45) is 3.76. The molecule has 1 aromatic heterocycles. The number of aromatic nitrogens is 1. The molecule has 0 fully saturated rings. The summed E-state index contributed by atoms with van der Waals surface area (Å²) in [5.74, 6) is 0.726. The predicted molar refractivity (Wildman–Crippen MR) is 79.6 cm³/mol. The van der Waals surface area contributed by atoms with Gasteiger partial charge >= 0.3 is 5.97 Å². The van der Waals surface area contributed by atoms with E-state index in [1.165, 1.54) is 23.8 Å². The van der Waals surface area contributed by atoms with Crippen LogP contribution in [0.4, 0.5) is 5.82 Å². The summed E-state index contributed by atoms with van der Waals surface area (Å²) in [5, 5.41) is 3.41. The van der Waals surface area contributed by atoms with E-state index in [1.54, 1.807) is 0 Å². The standard InChI is InChI=1S/C17H16N2O2/c1-21-16(20)11-4-5-12-8-17(9-13(12)7-11)10-19-15-14(17)3-2-6-18-15/h2-7H,8-10H2,1H3,(H,18,19). The van der Waals surface area contributed by atoms with Crippen LogP contribution in [0.3, 0.4) is 0 Å². The second kappa shape index (κ2) is 4.32. The van der Waals surface area contributed by atoms with Crippen LogP contribution in [0.2, 0.25) is 0 Å². The van der Waals surface area contributed by atoms with Gasteiger partial charge in [-0.25, -0.2) is 9.78 Å². The predicted octanol–water partition coefficient (Wildman–Crippen LogP) is 2.33. The minimum Gasteiger partial charge on any atom is -0.465 e. The highest BCUT2D eigenvalue weighted by atomic mass is 16.5. The molecule has 0 saturated heterocycles. The molecule has 1 aliphatic heterocycles. The Morgan fingerprint density at radius 2 is 2.14 bits per heavy atom. The van der Waals surface area contributed by atoms with Crippen molar-refractivity contribution in [1.82, 2.24) is 4.98 Å². The summed E-state index contributed by atoms with van der Waals surface area (Å²) in [4.78, 5) is 16.1. The molecule has 4 rings (SSSR count). The molecular weight excluding hydrogens is 264 g/mol. The van der Waals surface area contributed by atoms with Gasteiger partial charge in [0.1, 0.15) is 5.82 Å². The lowest BCUT2D eigenvalue weighted by Gasteiger charge is -2.22. The van der Waals surface area contributed by atoms with Gasteiger partial charge in [-0.2, -0.15) is 0 Å². The molecule has 0 saturated carbocycles. The fourth-order valence-electron chi connectivity index (χ4n) is 3.64. The van der Waals surface area contributed by atoms with Crippen molar-refractivity contribution >= 4 is 11.8 Å². The number of ether oxygens (including phenoxy) is 1. The van der Waals surface area contributed by atoms with E-state index >= 15 is 0 Å². The van der Waals surface area contributed by atoms with Crippen molar-refractivity contribution in [3.05, 3.63) is 58.8 Å². The van der Waals surface area contributed by atoms with E-state index in [2.05, 4.69) is 22.4 Å². The van der Waals surface area contributed by atoms with Crippen molar-refractivity contribution in [2.45, 2.75) is 18.3 Å². The number of hydrogen-bond acceptors (Lipinski definition) is 4. The lowest BCUT2D eigenvalue weighted by Crippen LogP contribution is -2.29. The number of benzene rings is 1. The maximum Gasteiger partial charge on any atom is 0.337 e. The molecule has 0 bridgehead atoms. The topological polar surface area (TPSA) is 51.2 Å². The highest BCUT2D eigenvalue weighted by Crippen LogP contribution is 2.45. The number of carbonyl (C=O) groups excluding carboxylic acids is 1. The molecule has 2 aromatic rings. The molecule has 2 aliphatic rings. The molecule has 106 valence electrons. The van der Waals surface area contributed by atoms with Gasteiger partial charge in [0.25, 0.3) is 0 Å². The van der Waals surface area contributed by atoms with Gasteiger partial charge in [-0.15, -0.1) is 0 Å². The van der Waals surface area contributed by atoms with E-state index < -0.39 is 0 Å². The van der Waals surface area contributed by atoms with E-state index in [0.717, 1.165) is 25.2 Å². The number of hydrogen-bond donors (Lipinski definition) is 1. The number of esters is 1. The lowest BCUT2D eigenvalue weighted by atomic mass is 9.80. The Morgan fingerprint density at radius 1 is 1.29 bits per heavy atom. The molecule has 1 atom stereocenters. The van der Waals surface area contributed by atoms with Crippen LogP contribution in [0.5, 0.6) is 0 Å². The summed E-state index contributed by atoms with van der Waals surface area (Å²) in [5.41, 5.74) is 4.57. The first-order chi connectivity index (χ1) is 10.2. The van der Waals surface area contributed by atoms with Crippen molar-refractivity contribution in [1.29, 1.82) is 0 Å². The van der Waals surface area contributed by atoms with Crippen LogP contribution < -0.4 is 5.32 Å². The second-order valence-corrected chi connectivity index (χ2v) is 5.86. The van der Waals surface area contributed by atoms with Crippen LogP contribution in [0.15, 0.2) is 36.5 Å². The average Bonchev–Trinajstić information content (AvgIpc) is 3.07. The van der Waals surface area contributed by atoms with Crippen molar-refractivity contribution in [2.75, 3.05) is 19.0 Å². The van der Waals surface area contributed by atoms with Gasteiger partial charge < -0.3 is 10.1 Å². The zero-order valence-electron chi connectivity index (χ0n) is 11.8. The van der Waals surface area contributed by atoms with Gasteiger partial charge in [0.05, 0.1) is 12.7 Å². The Labute approximate surface area is 123 Å². The zero-order valence-corrected chi connectivity index (χ0v) is 11.8. The van der Waals surface area contributed by atoms with Crippen molar-refractivity contribution in [2.24, 2.45) is 0 Å². The summed E-state index contributed by atoms with van der Waals surface area (Å²) in [6.45, 7) is 0.904. The maximum absolute atomic E-state index is 11.7. The van der Waals surface area contributed by atoms with E-state index in [1.807, 2.05) is 24.4 Å². The van der Waals surface area contributed by atoms with Crippen molar-refractivity contribution < 1.29 is 9.53 Å². The highest BCUT2D eigenvalue weighted by molar-refractivity contribution is 5.89. The smallest absolute Gasteiger partial charge is 0.337 e. The van der Waals surface area contributed by atoms with E-state index in [-0.39, 0.29) is 11.4 Å². The molecule has 1 aromatic carbocycles. The second-order valence-electron chi connectivity index (χ2n) is 5.86. The molecule has 0 amide bonds. The first-order valence-electron chi connectivity index (χ1n) is 7.11. The monoisotopic (exact) mass is 280 g/mol. The largest absolute Gasteiger partial charge is 0.465 e. The molecular formula is C17H16N2O2. The van der Waals surface area contributed by atoms with Crippen LogP contribution in [-0.2, 0) is 23.0 Å². The summed E-state index contributed by atoms with van der Waals surface area (Å²) < 4.78 is 4.81. The van der Waals surface area contributed by atoms with Crippen LogP contribution >= 0.6 is 0 Å². The SMILES string of the molecule is COC(=O)c1ccc2c(c1)CC1(CNc3ncccc31)C2. The first-order valence-corrected chi connectivity index (χ1v) is 7.11. The molecule has 1 aliphatic carbocycles. The van der Waals surface area contributed by atoms with Crippen LogP contribution in [0.25, 0.3) is 0 Å². The Balaban J connectivity index is 1.73. The molecule has 4 heteroatoms. The Hall–Kier alpha value is -2.36. The first kappa shape index (κ1) is 12.4. The van der Waals surface area contributed by atoms with Gasteiger partial charge in [-0.3, -0.25) is 0 Å². The third-order valence-corrected chi connectivity index (χ3v) is 4.66. The Morgan fingerprint density at radius 3 is 3.00 bits per heavy atom. The minimum atomic E-state index is -0.273. The van der Waals surface area contributed by atoms with Crippen LogP contribution in [0.1, 0.15) is 27.0 Å². The number of nitrogens with zero attached hydrogens (tertiary/aromatic N) is 1. The summed E-state index contributed by atoms with van der Waals surface area (Å²) in [7, 11) is 1.42. The maximum atomic E-state index is 11.7. The summed E-state index contributed by atoms with van der Waals surface area (Å²) >= 11 is 0. The van der Waals surface area contributed by atoms with Crippen molar-refractivity contribution in [3.8, 4) is 0 Å². The average molecular weight is 280 g/mol. The van der Waals surface area contributed by atoms with Crippen LogP contribution in [-0.4, -0.2) is 24.6 Å². The zero-order chi connectivity index (χ0) is 14.4. The lowest BCUT2D eigenvalue weighted by molar-refractivity contribution is 0.0600. The Bertz CT molecular complexity index is 741. The fraction of sp³-hybridized carbons (Fsp3) is 0.294. The fourth-order valence-corrected chi connectivity index (χ4v) is 3.64. The normalized spacial score (nSPS) is 21.8. The number of pyridine rings is 1. The van der Waals surface area contributed by atoms with Crippen LogP contribution in [0, 0.1) is 0 Å². The molecule has 1 N–H and O–H groups in total. The number of methoxy groups -OCH3 is 1.